The number of hydrogen-bond donors (Lipinski definition) is 1. The monoisotopic (exact) mass is 323 g/mol. The first-order chi connectivity index (χ1) is 9.84. The normalized spacial score (nSPS) is 13.5. The molecular weight excluding hydrogens is 306 g/mol. The molecule has 0 aliphatic rings. The van der Waals surface area contributed by atoms with Crippen molar-refractivity contribution in [1.29, 1.82) is 0 Å². The van der Waals surface area contributed by atoms with Crippen molar-refractivity contribution in [3.63, 3.8) is 0 Å². The molecule has 21 heavy (non-hydrogen) atoms. The number of thiocarbonyl (C=S) groups is 1. The van der Waals surface area contributed by atoms with E-state index in [1.165, 1.54) is 11.4 Å². The highest BCUT2D eigenvalue weighted by Crippen LogP contribution is 2.25. The quantitative estimate of drug-likeness (QED) is 0.851. The van der Waals surface area contributed by atoms with E-state index in [9.17, 15) is 8.42 Å². The number of sulfonamides is 1. The molecule has 1 unspecified atom stereocenters. The van der Waals surface area contributed by atoms with Gasteiger partial charge in [-0.3, -0.25) is 4.98 Å². The van der Waals surface area contributed by atoms with Crippen molar-refractivity contribution in [2.45, 2.75) is 24.3 Å². The summed E-state index contributed by atoms with van der Waals surface area (Å²) >= 11 is 4.86. The molecule has 0 aliphatic heterocycles. The van der Waals surface area contributed by atoms with Gasteiger partial charge in [0.05, 0.1) is 9.88 Å². The number of benzene rings is 1. The predicted molar refractivity (Wildman–Crippen MR) is 87.6 cm³/mol. The molecule has 112 valence electrons. The third-order valence-electron chi connectivity index (χ3n) is 3.42. The van der Waals surface area contributed by atoms with E-state index in [-0.39, 0.29) is 10.9 Å². The summed E-state index contributed by atoms with van der Waals surface area (Å²) in [5.41, 5.74) is 5.51. The number of nitrogens with zero attached hydrogens (tertiary/aromatic N) is 2. The summed E-state index contributed by atoms with van der Waals surface area (Å²) in [4.78, 5) is 4.57. The van der Waals surface area contributed by atoms with Gasteiger partial charge in [-0.15, -0.1) is 0 Å². The number of rotatable bonds is 5. The average molecular weight is 323 g/mol. The zero-order chi connectivity index (χ0) is 15.6. The minimum absolute atomic E-state index is 0.264. The fraction of sp³-hybridized carbons (Fsp3) is 0.286. The van der Waals surface area contributed by atoms with Crippen molar-refractivity contribution in [3.8, 4) is 0 Å². The zero-order valence-electron chi connectivity index (χ0n) is 11.9. The lowest BCUT2D eigenvalue weighted by molar-refractivity contribution is 0.397. The number of aromatic nitrogens is 1. The molecule has 2 aromatic rings. The van der Waals surface area contributed by atoms with Crippen molar-refractivity contribution in [1.82, 2.24) is 9.29 Å². The average Bonchev–Trinajstić information content (AvgIpc) is 2.45. The van der Waals surface area contributed by atoms with Crippen molar-refractivity contribution >= 4 is 38.0 Å². The number of pyridine rings is 1. The summed E-state index contributed by atoms with van der Waals surface area (Å²) in [6, 6.07) is 6.54. The zero-order valence-corrected chi connectivity index (χ0v) is 13.5. The van der Waals surface area contributed by atoms with E-state index < -0.39 is 10.0 Å². The Morgan fingerprint density at radius 1 is 1.43 bits per heavy atom. The number of fused-ring (bicyclic) bond motifs is 1. The minimum Gasteiger partial charge on any atom is -0.393 e. The summed E-state index contributed by atoms with van der Waals surface area (Å²) in [6.45, 7) is 1.78. The largest absolute Gasteiger partial charge is 0.393 e. The molecule has 1 aromatic carbocycles. The maximum Gasteiger partial charge on any atom is 0.243 e. The highest BCUT2D eigenvalue weighted by molar-refractivity contribution is 7.89. The van der Waals surface area contributed by atoms with E-state index in [1.54, 1.807) is 37.5 Å². The molecule has 0 fully saturated rings. The van der Waals surface area contributed by atoms with Gasteiger partial charge in [0.15, 0.2) is 0 Å². The van der Waals surface area contributed by atoms with Gasteiger partial charge in [-0.1, -0.05) is 24.4 Å². The molecule has 1 heterocycles. The van der Waals surface area contributed by atoms with E-state index in [2.05, 4.69) is 4.98 Å². The van der Waals surface area contributed by atoms with Crippen LogP contribution in [0, 0.1) is 0 Å². The van der Waals surface area contributed by atoms with Gasteiger partial charge in [0.25, 0.3) is 0 Å². The molecule has 0 saturated heterocycles. The van der Waals surface area contributed by atoms with Crippen LogP contribution >= 0.6 is 12.2 Å². The highest BCUT2D eigenvalue weighted by Gasteiger charge is 2.27. The van der Waals surface area contributed by atoms with Crippen LogP contribution in [0.15, 0.2) is 41.6 Å². The second-order valence-corrected chi connectivity index (χ2v) is 7.38. The Bertz CT molecular complexity index is 769. The molecule has 0 aliphatic carbocycles. The Balaban J connectivity index is 2.49. The highest BCUT2D eigenvalue weighted by atomic mass is 32.2. The topological polar surface area (TPSA) is 76.3 Å². The fourth-order valence-electron chi connectivity index (χ4n) is 2.13. The summed E-state index contributed by atoms with van der Waals surface area (Å²) in [7, 11) is -2.08. The smallest absolute Gasteiger partial charge is 0.243 e. The van der Waals surface area contributed by atoms with Crippen LogP contribution in [-0.4, -0.2) is 35.8 Å². The van der Waals surface area contributed by atoms with Crippen molar-refractivity contribution in [2.75, 3.05) is 7.05 Å². The number of nitrogens with two attached hydrogens (primary N) is 1. The predicted octanol–water partition coefficient (Wildman–Crippen LogP) is 1.92. The Hall–Kier alpha value is -1.57. The lowest BCUT2D eigenvalue weighted by Crippen LogP contribution is -2.37. The molecule has 1 aromatic heterocycles. The minimum atomic E-state index is -3.62. The lowest BCUT2D eigenvalue weighted by atomic mass is 10.2. The molecule has 7 heteroatoms. The first-order valence-corrected chi connectivity index (χ1v) is 8.28. The van der Waals surface area contributed by atoms with Crippen molar-refractivity contribution < 1.29 is 8.42 Å². The molecular formula is C14H17N3O2S2. The van der Waals surface area contributed by atoms with Gasteiger partial charge in [-0.05, 0) is 19.1 Å². The van der Waals surface area contributed by atoms with Crippen molar-refractivity contribution in [3.05, 3.63) is 36.7 Å². The van der Waals surface area contributed by atoms with E-state index in [0.717, 1.165) is 5.39 Å². The van der Waals surface area contributed by atoms with Gasteiger partial charge in [0, 0.05) is 42.7 Å². The Kier molecular flexibility index (Phi) is 4.55. The van der Waals surface area contributed by atoms with Crippen LogP contribution in [0.5, 0.6) is 0 Å². The maximum atomic E-state index is 12.8. The number of hydrogen-bond acceptors (Lipinski definition) is 4. The van der Waals surface area contributed by atoms with Crippen molar-refractivity contribution in [2.24, 2.45) is 5.73 Å². The van der Waals surface area contributed by atoms with Crippen LogP contribution in [-0.2, 0) is 10.0 Å². The van der Waals surface area contributed by atoms with Crippen LogP contribution in [0.3, 0.4) is 0 Å². The summed E-state index contributed by atoms with van der Waals surface area (Å²) in [5.74, 6) is 0. The Morgan fingerprint density at radius 2 is 2.14 bits per heavy atom. The van der Waals surface area contributed by atoms with Crippen LogP contribution in [0.2, 0.25) is 0 Å². The Labute approximate surface area is 129 Å². The van der Waals surface area contributed by atoms with Crippen LogP contribution in [0.1, 0.15) is 13.3 Å². The van der Waals surface area contributed by atoms with E-state index in [0.29, 0.717) is 16.8 Å². The molecule has 0 saturated carbocycles. The molecule has 2 N–H and O–H groups in total. The van der Waals surface area contributed by atoms with Gasteiger partial charge in [-0.25, -0.2) is 8.42 Å². The van der Waals surface area contributed by atoms with E-state index in [1.807, 2.05) is 6.07 Å². The molecule has 0 bridgehead atoms. The molecule has 5 nitrogen and oxygen atoms in total. The molecule has 0 amide bonds. The first kappa shape index (κ1) is 15.8. The summed E-state index contributed by atoms with van der Waals surface area (Å²) < 4.78 is 26.9. The van der Waals surface area contributed by atoms with Crippen LogP contribution in [0.25, 0.3) is 10.8 Å². The summed E-state index contributed by atoms with van der Waals surface area (Å²) in [5, 5.41) is 1.44. The third-order valence-corrected chi connectivity index (χ3v) is 5.61. The standard InChI is InChI=1S/C14H17N3O2S2/c1-10(8-14(15)20)17(2)21(18,19)13-5-3-4-11-9-16-7-6-12(11)13/h3-7,9-10H,8H2,1-2H3,(H2,15,20). The molecule has 2 rings (SSSR count). The molecule has 1 atom stereocenters. The van der Waals surface area contributed by atoms with Gasteiger partial charge in [0.2, 0.25) is 10.0 Å². The fourth-order valence-corrected chi connectivity index (χ4v) is 3.94. The third kappa shape index (κ3) is 3.20. The second-order valence-electron chi connectivity index (χ2n) is 4.89. The SMILES string of the molecule is CC(CC(N)=S)N(C)S(=O)(=O)c1cccc2cnccc12. The second kappa shape index (κ2) is 6.05. The van der Waals surface area contributed by atoms with Gasteiger partial charge < -0.3 is 5.73 Å². The maximum absolute atomic E-state index is 12.8. The van der Waals surface area contributed by atoms with Crippen LogP contribution < -0.4 is 5.73 Å². The summed E-state index contributed by atoms with van der Waals surface area (Å²) in [6.07, 6.45) is 3.57. The van der Waals surface area contributed by atoms with E-state index in [4.69, 9.17) is 18.0 Å². The van der Waals surface area contributed by atoms with Crippen LogP contribution in [0.4, 0.5) is 0 Å². The lowest BCUT2D eigenvalue weighted by Gasteiger charge is -2.24. The molecule has 0 spiro atoms. The Morgan fingerprint density at radius 3 is 2.81 bits per heavy atom. The van der Waals surface area contributed by atoms with Gasteiger partial charge >= 0.3 is 0 Å². The molecule has 0 radical (unpaired) electrons. The first-order valence-electron chi connectivity index (χ1n) is 6.43. The van der Waals surface area contributed by atoms with E-state index >= 15 is 0 Å². The van der Waals surface area contributed by atoms with Gasteiger partial charge in [-0.2, -0.15) is 4.31 Å². The van der Waals surface area contributed by atoms with Gasteiger partial charge in [0.1, 0.15) is 0 Å².